The van der Waals surface area contributed by atoms with Gasteiger partial charge >= 0.3 is 0 Å². The van der Waals surface area contributed by atoms with E-state index in [-0.39, 0.29) is 11.3 Å². The van der Waals surface area contributed by atoms with Gasteiger partial charge in [0, 0.05) is 42.2 Å². The molecule has 3 rings (SSSR count). The van der Waals surface area contributed by atoms with Gasteiger partial charge in [-0.1, -0.05) is 25.0 Å². The maximum Gasteiger partial charge on any atom is 0.251 e. The minimum Gasteiger partial charge on any atom is -0.378 e. The van der Waals surface area contributed by atoms with E-state index in [0.29, 0.717) is 0 Å². The van der Waals surface area contributed by atoms with E-state index >= 15 is 0 Å². The summed E-state index contributed by atoms with van der Waals surface area (Å²) in [7, 11) is 3.97. The van der Waals surface area contributed by atoms with Crippen LogP contribution in [-0.2, 0) is 5.41 Å². The highest BCUT2D eigenvalue weighted by Gasteiger charge is 2.36. The molecule has 4 heteroatoms. The van der Waals surface area contributed by atoms with Crippen LogP contribution in [0.4, 0.5) is 5.69 Å². The van der Waals surface area contributed by atoms with Gasteiger partial charge in [-0.15, -0.1) is 11.3 Å². The van der Waals surface area contributed by atoms with E-state index in [1.165, 1.54) is 30.6 Å². The maximum atomic E-state index is 12.6. The van der Waals surface area contributed by atoms with Gasteiger partial charge in [-0.25, -0.2) is 0 Å². The monoisotopic (exact) mass is 328 g/mol. The minimum atomic E-state index is 0.0246. The summed E-state index contributed by atoms with van der Waals surface area (Å²) >= 11 is 1.81. The van der Waals surface area contributed by atoms with Gasteiger partial charge in [0.05, 0.1) is 0 Å². The zero-order valence-electron chi connectivity index (χ0n) is 13.8. The van der Waals surface area contributed by atoms with Crippen molar-refractivity contribution in [3.8, 4) is 0 Å². The second kappa shape index (κ2) is 6.75. The fourth-order valence-corrected chi connectivity index (χ4v) is 4.41. The van der Waals surface area contributed by atoms with Crippen molar-refractivity contribution in [1.82, 2.24) is 5.32 Å². The summed E-state index contributed by atoms with van der Waals surface area (Å²) in [5, 5.41) is 5.32. The van der Waals surface area contributed by atoms with Crippen LogP contribution in [0.1, 0.15) is 40.9 Å². The summed E-state index contributed by atoms with van der Waals surface area (Å²) in [6, 6.07) is 12.1. The number of nitrogens with zero attached hydrogens (tertiary/aromatic N) is 1. The highest BCUT2D eigenvalue weighted by Crippen LogP contribution is 2.42. The fourth-order valence-electron chi connectivity index (χ4n) is 3.42. The first-order chi connectivity index (χ1) is 11.1. The summed E-state index contributed by atoms with van der Waals surface area (Å²) in [6.45, 7) is 0.735. The van der Waals surface area contributed by atoms with E-state index < -0.39 is 0 Å². The first kappa shape index (κ1) is 16.1. The molecular weight excluding hydrogens is 304 g/mol. The molecule has 3 nitrogen and oxygen atoms in total. The van der Waals surface area contributed by atoms with Crippen molar-refractivity contribution in [1.29, 1.82) is 0 Å². The van der Waals surface area contributed by atoms with Crippen LogP contribution in [-0.4, -0.2) is 26.5 Å². The molecule has 1 saturated carbocycles. The molecule has 23 heavy (non-hydrogen) atoms. The number of benzene rings is 1. The minimum absolute atomic E-state index is 0.0246. The Labute approximate surface area is 142 Å². The van der Waals surface area contributed by atoms with E-state index in [2.05, 4.69) is 22.8 Å². The van der Waals surface area contributed by atoms with Gasteiger partial charge in [-0.2, -0.15) is 0 Å². The van der Waals surface area contributed by atoms with Crippen LogP contribution in [0.25, 0.3) is 0 Å². The molecule has 0 radical (unpaired) electrons. The van der Waals surface area contributed by atoms with Crippen molar-refractivity contribution >= 4 is 22.9 Å². The summed E-state index contributed by atoms with van der Waals surface area (Å²) in [4.78, 5) is 16.0. The number of hydrogen-bond acceptors (Lipinski definition) is 3. The van der Waals surface area contributed by atoms with Crippen molar-refractivity contribution in [3.63, 3.8) is 0 Å². The van der Waals surface area contributed by atoms with E-state index in [0.717, 1.165) is 17.8 Å². The van der Waals surface area contributed by atoms with Gasteiger partial charge in [0.15, 0.2) is 0 Å². The maximum absolute atomic E-state index is 12.6. The van der Waals surface area contributed by atoms with Gasteiger partial charge in [-0.3, -0.25) is 4.79 Å². The standard InChI is InChI=1S/C19H24N2OS/c1-21(2)16-8-5-7-15(13-16)18(22)20-14-19(10-3-4-11-19)17-9-6-12-23-17/h5-9,12-13H,3-4,10-11,14H2,1-2H3,(H,20,22). The second-order valence-electron chi connectivity index (χ2n) is 6.59. The van der Waals surface area contributed by atoms with Crippen LogP contribution in [0, 0.1) is 0 Å². The Balaban J connectivity index is 1.72. The van der Waals surface area contributed by atoms with Crippen molar-refractivity contribution in [2.75, 3.05) is 25.5 Å². The van der Waals surface area contributed by atoms with Crippen LogP contribution in [0.5, 0.6) is 0 Å². The summed E-state index contributed by atoms with van der Waals surface area (Å²) in [5.74, 6) is 0.0246. The highest BCUT2D eigenvalue weighted by molar-refractivity contribution is 7.10. The first-order valence-electron chi connectivity index (χ1n) is 8.20. The lowest BCUT2D eigenvalue weighted by Crippen LogP contribution is -2.38. The number of anilines is 1. The number of amides is 1. The van der Waals surface area contributed by atoms with Crippen LogP contribution in [0.2, 0.25) is 0 Å². The van der Waals surface area contributed by atoms with E-state index in [1.807, 2.05) is 54.6 Å². The fraction of sp³-hybridized carbons (Fsp3) is 0.421. The number of thiophene rings is 1. The van der Waals surface area contributed by atoms with Crippen molar-refractivity contribution in [2.24, 2.45) is 0 Å². The molecule has 0 bridgehead atoms. The number of rotatable bonds is 5. The van der Waals surface area contributed by atoms with Crippen LogP contribution in [0.15, 0.2) is 41.8 Å². The third-order valence-corrected chi connectivity index (χ3v) is 5.93. The lowest BCUT2D eigenvalue weighted by atomic mass is 9.84. The Morgan fingerprint density at radius 2 is 2.00 bits per heavy atom. The Kier molecular flexibility index (Phi) is 4.71. The topological polar surface area (TPSA) is 32.3 Å². The van der Waals surface area contributed by atoms with Gasteiger partial charge in [0.1, 0.15) is 0 Å². The molecule has 0 atom stereocenters. The number of carbonyl (C=O) groups is 1. The van der Waals surface area contributed by atoms with Gasteiger partial charge in [-0.05, 0) is 42.5 Å². The van der Waals surface area contributed by atoms with Crippen LogP contribution >= 0.6 is 11.3 Å². The Hall–Kier alpha value is -1.81. The normalized spacial score (nSPS) is 16.3. The molecule has 0 spiro atoms. The molecule has 1 heterocycles. The third-order valence-electron chi connectivity index (χ3n) is 4.82. The molecule has 1 aromatic heterocycles. The van der Waals surface area contributed by atoms with E-state index in [9.17, 15) is 4.79 Å². The number of hydrogen-bond donors (Lipinski definition) is 1. The average molecular weight is 328 g/mol. The Morgan fingerprint density at radius 3 is 2.65 bits per heavy atom. The lowest BCUT2D eigenvalue weighted by Gasteiger charge is -2.28. The number of carbonyl (C=O) groups excluding carboxylic acids is 1. The molecule has 122 valence electrons. The summed E-state index contributed by atoms with van der Waals surface area (Å²) in [5.41, 5.74) is 1.92. The highest BCUT2D eigenvalue weighted by atomic mass is 32.1. The zero-order chi connectivity index (χ0) is 16.3. The quantitative estimate of drug-likeness (QED) is 0.898. The molecule has 1 aliphatic carbocycles. The van der Waals surface area contributed by atoms with Crippen molar-refractivity contribution in [2.45, 2.75) is 31.1 Å². The molecule has 2 aromatic rings. The summed E-state index contributed by atoms with van der Waals surface area (Å²) in [6.07, 6.45) is 4.85. The van der Waals surface area contributed by atoms with E-state index in [4.69, 9.17) is 0 Å². The smallest absolute Gasteiger partial charge is 0.251 e. The molecule has 1 aliphatic rings. The first-order valence-corrected chi connectivity index (χ1v) is 9.08. The Morgan fingerprint density at radius 1 is 1.22 bits per heavy atom. The van der Waals surface area contributed by atoms with Gasteiger partial charge in [0.2, 0.25) is 0 Å². The molecule has 0 aliphatic heterocycles. The second-order valence-corrected chi connectivity index (χ2v) is 7.54. The molecule has 1 fully saturated rings. The summed E-state index contributed by atoms with van der Waals surface area (Å²) < 4.78 is 0. The van der Waals surface area contributed by atoms with E-state index in [1.54, 1.807) is 0 Å². The largest absolute Gasteiger partial charge is 0.378 e. The number of nitrogens with one attached hydrogen (secondary N) is 1. The van der Waals surface area contributed by atoms with Crippen LogP contribution in [0.3, 0.4) is 0 Å². The molecule has 1 N–H and O–H groups in total. The zero-order valence-corrected chi connectivity index (χ0v) is 14.7. The molecule has 1 aromatic carbocycles. The SMILES string of the molecule is CN(C)c1cccc(C(=O)NCC2(c3cccs3)CCCC2)c1. The van der Waals surface area contributed by atoms with Crippen LogP contribution < -0.4 is 10.2 Å². The van der Waals surface area contributed by atoms with Crippen molar-refractivity contribution in [3.05, 3.63) is 52.2 Å². The lowest BCUT2D eigenvalue weighted by molar-refractivity contribution is 0.0943. The molecule has 1 amide bonds. The van der Waals surface area contributed by atoms with Gasteiger partial charge in [0.25, 0.3) is 5.91 Å². The van der Waals surface area contributed by atoms with Crippen molar-refractivity contribution < 1.29 is 4.79 Å². The third kappa shape index (κ3) is 3.42. The molecular formula is C19H24N2OS. The predicted molar refractivity (Wildman–Crippen MR) is 97.6 cm³/mol. The average Bonchev–Trinajstić information content (AvgIpc) is 3.24. The molecule has 0 unspecified atom stereocenters. The predicted octanol–water partition coefficient (Wildman–Crippen LogP) is 4.06. The Bertz CT molecular complexity index is 658. The van der Waals surface area contributed by atoms with Gasteiger partial charge < -0.3 is 10.2 Å². The molecule has 0 saturated heterocycles.